The van der Waals surface area contributed by atoms with Crippen molar-refractivity contribution in [2.45, 2.75) is 33.6 Å². The molecule has 0 aliphatic heterocycles. The van der Waals surface area contributed by atoms with Crippen molar-refractivity contribution in [1.82, 2.24) is 4.98 Å². The van der Waals surface area contributed by atoms with Crippen molar-refractivity contribution in [3.8, 4) is 0 Å². The standard InChI is InChI=1S/C14H20N2O4S/c1-4-7-10-8-15-14(21-10)16-9-11(12(17)19-5-2)13(18)20-6-3/h8-9H,4-7H2,1-3H3,(H,15,16). The number of carbonyl (C=O) groups is 2. The van der Waals surface area contributed by atoms with Crippen molar-refractivity contribution in [1.29, 1.82) is 0 Å². The van der Waals surface area contributed by atoms with E-state index in [4.69, 9.17) is 9.47 Å². The molecule has 21 heavy (non-hydrogen) atoms. The Morgan fingerprint density at radius 2 is 1.86 bits per heavy atom. The minimum absolute atomic E-state index is 0.175. The van der Waals surface area contributed by atoms with E-state index in [1.807, 2.05) is 0 Å². The summed E-state index contributed by atoms with van der Waals surface area (Å²) < 4.78 is 9.68. The number of nitrogens with one attached hydrogen (secondary N) is 1. The van der Waals surface area contributed by atoms with Crippen LogP contribution in [0.1, 0.15) is 32.1 Å². The van der Waals surface area contributed by atoms with Crippen LogP contribution < -0.4 is 5.32 Å². The lowest BCUT2D eigenvalue weighted by molar-refractivity contribution is -0.146. The fourth-order valence-corrected chi connectivity index (χ4v) is 2.37. The molecule has 1 N–H and O–H groups in total. The van der Waals surface area contributed by atoms with Crippen LogP contribution in [0.3, 0.4) is 0 Å². The molecular formula is C14H20N2O4S. The van der Waals surface area contributed by atoms with Crippen LogP contribution >= 0.6 is 11.3 Å². The molecule has 0 saturated carbocycles. The Morgan fingerprint density at radius 3 is 2.38 bits per heavy atom. The van der Waals surface area contributed by atoms with Gasteiger partial charge in [0.2, 0.25) is 0 Å². The zero-order valence-corrected chi connectivity index (χ0v) is 13.3. The first-order chi connectivity index (χ1) is 10.1. The molecule has 0 spiro atoms. The van der Waals surface area contributed by atoms with Gasteiger partial charge in [0.25, 0.3) is 0 Å². The van der Waals surface area contributed by atoms with Gasteiger partial charge >= 0.3 is 11.9 Å². The number of aromatic nitrogens is 1. The van der Waals surface area contributed by atoms with Crippen LogP contribution in [0.25, 0.3) is 0 Å². The number of hydrogen-bond acceptors (Lipinski definition) is 7. The third kappa shape index (κ3) is 5.55. The summed E-state index contributed by atoms with van der Waals surface area (Å²) in [4.78, 5) is 28.8. The monoisotopic (exact) mass is 312 g/mol. The second kappa shape index (κ2) is 9.12. The highest BCUT2D eigenvalue weighted by Crippen LogP contribution is 2.19. The Kier molecular flexibility index (Phi) is 7.45. The maximum absolute atomic E-state index is 11.7. The predicted molar refractivity (Wildman–Crippen MR) is 81.1 cm³/mol. The number of rotatable bonds is 8. The third-order valence-electron chi connectivity index (χ3n) is 2.38. The number of hydrogen-bond donors (Lipinski definition) is 1. The zero-order chi connectivity index (χ0) is 15.7. The van der Waals surface area contributed by atoms with Crippen molar-refractivity contribution in [2.75, 3.05) is 18.5 Å². The van der Waals surface area contributed by atoms with Gasteiger partial charge in [0, 0.05) is 17.3 Å². The number of ether oxygens (including phenoxy) is 2. The first kappa shape index (κ1) is 17.2. The average molecular weight is 312 g/mol. The van der Waals surface area contributed by atoms with Crippen LogP contribution in [0.4, 0.5) is 5.13 Å². The summed E-state index contributed by atoms with van der Waals surface area (Å²) in [7, 11) is 0. The normalized spacial score (nSPS) is 9.86. The van der Waals surface area contributed by atoms with E-state index in [9.17, 15) is 9.59 Å². The van der Waals surface area contributed by atoms with Gasteiger partial charge in [0.15, 0.2) is 10.7 Å². The van der Waals surface area contributed by atoms with E-state index in [1.165, 1.54) is 17.5 Å². The van der Waals surface area contributed by atoms with Crippen LogP contribution in [-0.2, 0) is 25.5 Å². The third-order valence-corrected chi connectivity index (χ3v) is 3.37. The Labute approximate surface area is 128 Å². The molecule has 0 aliphatic carbocycles. The highest BCUT2D eigenvalue weighted by atomic mass is 32.1. The minimum atomic E-state index is -0.714. The molecule has 7 heteroatoms. The number of nitrogens with zero attached hydrogens (tertiary/aromatic N) is 1. The van der Waals surface area contributed by atoms with Crippen LogP contribution in [-0.4, -0.2) is 30.1 Å². The van der Waals surface area contributed by atoms with Gasteiger partial charge in [-0.3, -0.25) is 0 Å². The van der Waals surface area contributed by atoms with Gasteiger partial charge in [-0.15, -0.1) is 11.3 Å². The predicted octanol–water partition coefficient (Wildman–Crippen LogP) is 2.52. The van der Waals surface area contributed by atoms with E-state index < -0.39 is 11.9 Å². The molecule has 1 rings (SSSR count). The smallest absolute Gasteiger partial charge is 0.347 e. The molecule has 0 aliphatic rings. The van der Waals surface area contributed by atoms with Crippen LogP contribution in [0.5, 0.6) is 0 Å². The summed E-state index contributed by atoms with van der Waals surface area (Å²) in [5.41, 5.74) is -0.175. The van der Waals surface area contributed by atoms with E-state index in [1.54, 1.807) is 20.0 Å². The second-order valence-corrected chi connectivity index (χ2v) is 5.14. The molecule has 6 nitrogen and oxygen atoms in total. The van der Waals surface area contributed by atoms with Crippen LogP contribution in [0.2, 0.25) is 0 Å². The number of anilines is 1. The largest absolute Gasteiger partial charge is 0.462 e. The molecule has 1 aromatic heterocycles. The van der Waals surface area contributed by atoms with E-state index in [-0.39, 0.29) is 18.8 Å². The van der Waals surface area contributed by atoms with E-state index >= 15 is 0 Å². The quantitative estimate of drug-likeness (QED) is 0.344. The maximum Gasteiger partial charge on any atom is 0.347 e. The van der Waals surface area contributed by atoms with Crippen LogP contribution in [0, 0.1) is 0 Å². The molecule has 1 aromatic rings. The van der Waals surface area contributed by atoms with Crippen LogP contribution in [0.15, 0.2) is 18.0 Å². The summed E-state index contributed by atoms with van der Waals surface area (Å²) in [6.07, 6.45) is 5.04. The number of thiazole rings is 1. The number of carbonyl (C=O) groups excluding carboxylic acids is 2. The molecule has 0 bridgehead atoms. The summed E-state index contributed by atoms with van der Waals surface area (Å²) in [6, 6.07) is 0. The summed E-state index contributed by atoms with van der Waals surface area (Å²) in [6.45, 7) is 5.81. The lowest BCUT2D eigenvalue weighted by Crippen LogP contribution is -2.19. The van der Waals surface area contributed by atoms with Crippen molar-refractivity contribution in [3.63, 3.8) is 0 Å². The minimum Gasteiger partial charge on any atom is -0.462 e. The van der Waals surface area contributed by atoms with Gasteiger partial charge in [-0.1, -0.05) is 13.3 Å². The number of esters is 2. The van der Waals surface area contributed by atoms with Gasteiger partial charge < -0.3 is 14.8 Å². The fourth-order valence-electron chi connectivity index (χ4n) is 1.49. The van der Waals surface area contributed by atoms with E-state index in [0.717, 1.165) is 17.7 Å². The molecule has 116 valence electrons. The first-order valence-electron chi connectivity index (χ1n) is 6.87. The molecule has 1 heterocycles. The number of aryl methyl sites for hydroxylation is 1. The van der Waals surface area contributed by atoms with Gasteiger partial charge in [-0.25, -0.2) is 14.6 Å². The molecule has 0 saturated heterocycles. The zero-order valence-electron chi connectivity index (χ0n) is 12.5. The first-order valence-corrected chi connectivity index (χ1v) is 7.69. The van der Waals surface area contributed by atoms with Crippen molar-refractivity contribution in [3.05, 3.63) is 22.8 Å². The maximum atomic E-state index is 11.7. The topological polar surface area (TPSA) is 77.5 Å². The molecule has 0 aromatic carbocycles. The van der Waals surface area contributed by atoms with E-state index in [2.05, 4.69) is 17.2 Å². The fraction of sp³-hybridized carbons (Fsp3) is 0.500. The van der Waals surface area contributed by atoms with Crippen molar-refractivity contribution in [2.24, 2.45) is 0 Å². The Morgan fingerprint density at radius 1 is 1.24 bits per heavy atom. The molecule has 0 unspecified atom stereocenters. The molecular weight excluding hydrogens is 292 g/mol. The van der Waals surface area contributed by atoms with Crippen molar-refractivity contribution >= 4 is 28.4 Å². The van der Waals surface area contributed by atoms with Gasteiger partial charge in [0.05, 0.1) is 13.2 Å². The Bertz CT molecular complexity index is 491. The SMILES string of the molecule is CCCc1cnc(NC=C(C(=O)OCC)C(=O)OCC)s1. The highest BCUT2D eigenvalue weighted by molar-refractivity contribution is 7.15. The Balaban J connectivity index is 2.80. The summed E-state index contributed by atoms with van der Waals surface area (Å²) in [5.74, 6) is -1.43. The van der Waals surface area contributed by atoms with Crippen molar-refractivity contribution < 1.29 is 19.1 Å². The highest BCUT2D eigenvalue weighted by Gasteiger charge is 2.21. The molecule has 0 fully saturated rings. The van der Waals surface area contributed by atoms with Gasteiger partial charge in [-0.2, -0.15) is 0 Å². The molecule has 0 amide bonds. The summed E-state index contributed by atoms with van der Waals surface area (Å²) >= 11 is 1.48. The second-order valence-electron chi connectivity index (χ2n) is 4.03. The molecule has 0 atom stereocenters. The average Bonchev–Trinajstić information content (AvgIpc) is 2.88. The lowest BCUT2D eigenvalue weighted by atomic mass is 10.3. The van der Waals surface area contributed by atoms with E-state index in [0.29, 0.717) is 5.13 Å². The summed E-state index contributed by atoms with van der Waals surface area (Å²) in [5, 5.41) is 3.46. The lowest BCUT2D eigenvalue weighted by Gasteiger charge is -2.06. The molecule has 0 radical (unpaired) electrons. The van der Waals surface area contributed by atoms with Gasteiger partial charge in [-0.05, 0) is 20.3 Å². The van der Waals surface area contributed by atoms with Gasteiger partial charge in [0.1, 0.15) is 0 Å². The Hall–Kier alpha value is -1.89.